The van der Waals surface area contributed by atoms with Gasteiger partial charge in [-0.1, -0.05) is 19.1 Å². The smallest absolute Gasteiger partial charge is 0.253 e. The molecule has 1 unspecified atom stereocenters. The SMILES string of the molecule is COc1cc(OC)cc([C@@H](C)CC2CC[C@H](c3ccc(C(=O)N4CCC(O)CC4)cc3)C2)c1. The van der Waals surface area contributed by atoms with E-state index in [0.29, 0.717) is 43.7 Å². The number of aliphatic hydroxyl groups excluding tert-OH is 1. The highest BCUT2D eigenvalue weighted by Crippen LogP contribution is 2.43. The number of aliphatic hydroxyl groups is 1. The van der Waals surface area contributed by atoms with Gasteiger partial charge in [0.25, 0.3) is 5.91 Å². The average molecular weight is 452 g/mol. The number of nitrogens with zero attached hydrogens (tertiary/aromatic N) is 1. The number of methoxy groups -OCH3 is 2. The topological polar surface area (TPSA) is 59.0 Å². The largest absolute Gasteiger partial charge is 0.497 e. The average Bonchev–Trinajstić information content (AvgIpc) is 3.32. The summed E-state index contributed by atoms with van der Waals surface area (Å²) >= 11 is 0. The molecule has 1 saturated carbocycles. The number of amides is 1. The second kappa shape index (κ2) is 10.6. The monoisotopic (exact) mass is 451 g/mol. The van der Waals surface area contributed by atoms with Crippen LogP contribution < -0.4 is 9.47 Å². The molecular formula is C28H37NO4. The van der Waals surface area contributed by atoms with Crippen LogP contribution in [0.4, 0.5) is 0 Å². The molecule has 2 fully saturated rings. The van der Waals surface area contributed by atoms with Gasteiger partial charge in [0.15, 0.2) is 0 Å². The van der Waals surface area contributed by atoms with Gasteiger partial charge in [-0.3, -0.25) is 4.79 Å². The van der Waals surface area contributed by atoms with Gasteiger partial charge in [0.2, 0.25) is 0 Å². The molecule has 178 valence electrons. The molecule has 1 saturated heterocycles. The summed E-state index contributed by atoms with van der Waals surface area (Å²) in [6, 6.07) is 14.4. The van der Waals surface area contributed by atoms with Gasteiger partial charge in [-0.05, 0) is 91.7 Å². The number of hydrogen-bond acceptors (Lipinski definition) is 4. The van der Waals surface area contributed by atoms with Crippen molar-refractivity contribution in [2.75, 3.05) is 27.3 Å². The predicted octanol–water partition coefficient (Wildman–Crippen LogP) is 5.38. The molecule has 1 amide bonds. The first-order valence-electron chi connectivity index (χ1n) is 12.3. The van der Waals surface area contributed by atoms with Crippen molar-refractivity contribution in [2.24, 2.45) is 5.92 Å². The summed E-state index contributed by atoms with van der Waals surface area (Å²) in [6.45, 7) is 3.58. The van der Waals surface area contributed by atoms with E-state index in [-0.39, 0.29) is 12.0 Å². The van der Waals surface area contributed by atoms with Crippen LogP contribution in [0, 0.1) is 5.92 Å². The van der Waals surface area contributed by atoms with Gasteiger partial charge in [0.1, 0.15) is 11.5 Å². The summed E-state index contributed by atoms with van der Waals surface area (Å²) in [5.41, 5.74) is 3.37. The van der Waals surface area contributed by atoms with Crippen molar-refractivity contribution in [3.05, 3.63) is 59.2 Å². The molecular weight excluding hydrogens is 414 g/mol. The van der Waals surface area contributed by atoms with Gasteiger partial charge in [0.05, 0.1) is 20.3 Å². The van der Waals surface area contributed by atoms with E-state index in [0.717, 1.165) is 23.5 Å². The second-order valence-corrected chi connectivity index (χ2v) is 9.80. The molecule has 5 nitrogen and oxygen atoms in total. The maximum atomic E-state index is 12.8. The zero-order chi connectivity index (χ0) is 23.4. The van der Waals surface area contributed by atoms with Gasteiger partial charge >= 0.3 is 0 Å². The van der Waals surface area contributed by atoms with Crippen LogP contribution in [0.3, 0.4) is 0 Å². The Balaban J connectivity index is 1.34. The zero-order valence-electron chi connectivity index (χ0n) is 20.1. The van der Waals surface area contributed by atoms with Crippen LogP contribution in [0.2, 0.25) is 0 Å². The summed E-state index contributed by atoms with van der Waals surface area (Å²) in [5, 5.41) is 9.68. The molecule has 0 aromatic heterocycles. The molecule has 1 heterocycles. The second-order valence-electron chi connectivity index (χ2n) is 9.80. The number of benzene rings is 2. The summed E-state index contributed by atoms with van der Waals surface area (Å²) in [7, 11) is 3.39. The molecule has 2 aromatic carbocycles. The minimum absolute atomic E-state index is 0.0836. The molecule has 2 aliphatic rings. The first-order valence-corrected chi connectivity index (χ1v) is 12.3. The number of carbonyl (C=O) groups is 1. The van der Waals surface area contributed by atoms with Crippen molar-refractivity contribution in [3.8, 4) is 11.5 Å². The number of hydrogen-bond donors (Lipinski definition) is 1. The summed E-state index contributed by atoms with van der Waals surface area (Å²) in [6.07, 6.45) is 5.89. The van der Waals surface area contributed by atoms with E-state index in [1.54, 1.807) is 14.2 Å². The number of carbonyl (C=O) groups excluding carboxylic acids is 1. The maximum Gasteiger partial charge on any atom is 0.253 e. The van der Waals surface area contributed by atoms with Crippen molar-refractivity contribution in [1.82, 2.24) is 4.90 Å². The summed E-state index contributed by atoms with van der Waals surface area (Å²) in [4.78, 5) is 14.6. The standard InChI is InChI=1S/C28H37NO4/c1-19(24-16-26(32-2)18-27(17-24)33-3)14-20-4-5-23(15-20)21-6-8-22(9-7-21)28(31)29-12-10-25(30)11-13-29/h6-9,16-20,23,25,30H,4-5,10-15H2,1-3H3/t19-,20?,23-/m0/s1. The minimum Gasteiger partial charge on any atom is -0.497 e. The first-order chi connectivity index (χ1) is 16.0. The normalized spacial score (nSPS) is 22.2. The Bertz CT molecular complexity index is 911. The van der Waals surface area contributed by atoms with E-state index in [1.165, 1.54) is 30.4 Å². The lowest BCUT2D eigenvalue weighted by atomic mass is 9.87. The van der Waals surface area contributed by atoms with Crippen molar-refractivity contribution in [3.63, 3.8) is 0 Å². The van der Waals surface area contributed by atoms with E-state index < -0.39 is 0 Å². The van der Waals surface area contributed by atoms with Crippen molar-refractivity contribution in [1.29, 1.82) is 0 Å². The molecule has 0 spiro atoms. The van der Waals surface area contributed by atoms with E-state index >= 15 is 0 Å². The van der Waals surface area contributed by atoms with Crippen LogP contribution in [0.5, 0.6) is 11.5 Å². The third kappa shape index (κ3) is 5.70. The fourth-order valence-corrected chi connectivity index (χ4v) is 5.49. The fourth-order valence-electron chi connectivity index (χ4n) is 5.49. The van der Waals surface area contributed by atoms with Crippen LogP contribution in [0.15, 0.2) is 42.5 Å². The molecule has 1 N–H and O–H groups in total. The van der Waals surface area contributed by atoms with Crippen LogP contribution in [0.25, 0.3) is 0 Å². The molecule has 0 bridgehead atoms. The Morgan fingerprint density at radius 2 is 1.64 bits per heavy atom. The third-order valence-electron chi connectivity index (χ3n) is 7.55. The van der Waals surface area contributed by atoms with E-state index in [1.807, 2.05) is 23.1 Å². The van der Waals surface area contributed by atoms with Crippen LogP contribution in [0.1, 0.15) is 78.8 Å². The van der Waals surface area contributed by atoms with E-state index in [4.69, 9.17) is 9.47 Å². The number of piperidine rings is 1. The quantitative estimate of drug-likeness (QED) is 0.614. The molecule has 1 aliphatic carbocycles. The highest BCUT2D eigenvalue weighted by molar-refractivity contribution is 5.94. The lowest BCUT2D eigenvalue weighted by Gasteiger charge is -2.29. The number of rotatable bonds is 7. The lowest BCUT2D eigenvalue weighted by Crippen LogP contribution is -2.40. The van der Waals surface area contributed by atoms with Crippen molar-refractivity contribution in [2.45, 2.75) is 63.4 Å². The molecule has 2 aromatic rings. The van der Waals surface area contributed by atoms with Crippen LogP contribution in [-0.2, 0) is 0 Å². The Labute approximate surface area is 197 Å². The van der Waals surface area contributed by atoms with Gasteiger partial charge in [-0.2, -0.15) is 0 Å². The highest BCUT2D eigenvalue weighted by Gasteiger charge is 2.28. The van der Waals surface area contributed by atoms with Gasteiger partial charge in [-0.25, -0.2) is 0 Å². The van der Waals surface area contributed by atoms with Gasteiger partial charge < -0.3 is 19.5 Å². The first kappa shape index (κ1) is 23.6. The Morgan fingerprint density at radius 1 is 1.00 bits per heavy atom. The molecule has 5 heteroatoms. The molecule has 1 aliphatic heterocycles. The summed E-state index contributed by atoms with van der Waals surface area (Å²) in [5.74, 6) is 3.48. The predicted molar refractivity (Wildman–Crippen MR) is 130 cm³/mol. The minimum atomic E-state index is -0.264. The van der Waals surface area contributed by atoms with Crippen molar-refractivity contribution >= 4 is 5.91 Å². The highest BCUT2D eigenvalue weighted by atomic mass is 16.5. The maximum absolute atomic E-state index is 12.8. The van der Waals surface area contributed by atoms with Crippen LogP contribution >= 0.6 is 0 Å². The Morgan fingerprint density at radius 3 is 2.24 bits per heavy atom. The number of likely N-dealkylation sites (tertiary alicyclic amines) is 1. The molecule has 0 radical (unpaired) electrons. The molecule has 33 heavy (non-hydrogen) atoms. The Hall–Kier alpha value is -2.53. The lowest BCUT2D eigenvalue weighted by molar-refractivity contribution is 0.0546. The molecule has 3 atom stereocenters. The summed E-state index contributed by atoms with van der Waals surface area (Å²) < 4.78 is 10.9. The Kier molecular flexibility index (Phi) is 7.59. The van der Waals surface area contributed by atoms with Crippen molar-refractivity contribution < 1.29 is 19.4 Å². The van der Waals surface area contributed by atoms with Crippen LogP contribution in [-0.4, -0.2) is 49.3 Å². The fraction of sp³-hybridized carbons (Fsp3) is 0.536. The zero-order valence-corrected chi connectivity index (χ0v) is 20.1. The van der Waals surface area contributed by atoms with E-state index in [2.05, 4.69) is 31.2 Å². The third-order valence-corrected chi connectivity index (χ3v) is 7.55. The van der Waals surface area contributed by atoms with Gasteiger partial charge in [0, 0.05) is 24.7 Å². The number of ether oxygens (including phenoxy) is 2. The van der Waals surface area contributed by atoms with E-state index in [9.17, 15) is 9.90 Å². The molecule has 4 rings (SSSR count). The van der Waals surface area contributed by atoms with Gasteiger partial charge in [-0.15, -0.1) is 0 Å².